The van der Waals surface area contributed by atoms with E-state index in [1.165, 1.54) is 12.0 Å². The molecule has 0 saturated heterocycles. The van der Waals surface area contributed by atoms with Crippen LogP contribution in [0.5, 0.6) is 0 Å². The second kappa shape index (κ2) is 9.86. The first-order valence-corrected chi connectivity index (χ1v) is 6.65. The molecule has 0 bridgehead atoms. The zero-order chi connectivity index (χ0) is 12.4. The van der Waals surface area contributed by atoms with Crippen LogP contribution in [0.3, 0.4) is 0 Å². The van der Waals surface area contributed by atoms with Crippen LogP contribution in [0.2, 0.25) is 0 Å². The average molecular weight is 227 g/mol. The highest BCUT2D eigenvalue weighted by Gasteiger charge is 2.17. The molecule has 2 unspecified atom stereocenters. The van der Waals surface area contributed by atoms with Crippen molar-refractivity contribution in [3.63, 3.8) is 0 Å². The largest absolute Gasteiger partial charge is 0.377 e. The molecule has 0 aromatic heterocycles. The van der Waals surface area contributed by atoms with Gasteiger partial charge in [-0.2, -0.15) is 0 Å². The minimum Gasteiger partial charge on any atom is -0.377 e. The molecule has 0 rings (SSSR count). The van der Waals surface area contributed by atoms with E-state index in [1.807, 2.05) is 0 Å². The molecule has 2 nitrogen and oxygen atoms in total. The normalized spacial score (nSPS) is 14.6. The lowest BCUT2D eigenvalue weighted by Crippen LogP contribution is -2.40. The van der Waals surface area contributed by atoms with Crippen molar-refractivity contribution in [2.75, 3.05) is 13.2 Å². The molecule has 0 heterocycles. The fourth-order valence-electron chi connectivity index (χ4n) is 1.83. The molecule has 0 radical (unpaired) electrons. The van der Waals surface area contributed by atoms with E-state index in [0.717, 1.165) is 26.0 Å². The Bertz CT molecular complexity index is 179. The van der Waals surface area contributed by atoms with Gasteiger partial charge >= 0.3 is 0 Å². The van der Waals surface area contributed by atoms with Gasteiger partial charge in [0.1, 0.15) is 0 Å². The van der Waals surface area contributed by atoms with Crippen LogP contribution in [0.25, 0.3) is 0 Å². The van der Waals surface area contributed by atoms with Crippen LogP contribution in [-0.2, 0) is 4.74 Å². The third kappa shape index (κ3) is 7.02. The molecule has 0 aliphatic carbocycles. The molecule has 0 aliphatic heterocycles. The molecule has 0 amide bonds. The summed E-state index contributed by atoms with van der Waals surface area (Å²) in [6.07, 6.45) is 6.07. The predicted octanol–water partition coefficient (Wildman–Crippen LogP) is 3.53. The fraction of sp³-hybridized carbons (Fsp3) is 0.857. The van der Waals surface area contributed by atoms with Crippen molar-refractivity contribution in [2.45, 2.75) is 66.0 Å². The minimum atomic E-state index is 0.316. The van der Waals surface area contributed by atoms with Crippen LogP contribution in [0.15, 0.2) is 11.6 Å². The Hall–Kier alpha value is -0.340. The van der Waals surface area contributed by atoms with Gasteiger partial charge in [0.15, 0.2) is 0 Å². The van der Waals surface area contributed by atoms with Crippen molar-refractivity contribution in [3.05, 3.63) is 11.6 Å². The number of hydrogen-bond donors (Lipinski definition) is 1. The van der Waals surface area contributed by atoms with E-state index in [9.17, 15) is 0 Å². The first-order valence-electron chi connectivity index (χ1n) is 6.65. The minimum absolute atomic E-state index is 0.316. The van der Waals surface area contributed by atoms with Crippen LogP contribution in [0, 0.1) is 0 Å². The highest BCUT2D eigenvalue weighted by molar-refractivity contribution is 5.04. The third-order valence-electron chi connectivity index (χ3n) is 2.50. The number of hydrogen-bond acceptors (Lipinski definition) is 2. The fourth-order valence-corrected chi connectivity index (χ4v) is 1.83. The van der Waals surface area contributed by atoms with Gasteiger partial charge in [-0.15, -0.1) is 0 Å². The number of rotatable bonds is 9. The second-order valence-corrected chi connectivity index (χ2v) is 4.51. The van der Waals surface area contributed by atoms with E-state index < -0.39 is 0 Å². The van der Waals surface area contributed by atoms with Gasteiger partial charge in [0.05, 0.1) is 12.1 Å². The highest BCUT2D eigenvalue weighted by Crippen LogP contribution is 2.11. The highest BCUT2D eigenvalue weighted by atomic mass is 16.5. The third-order valence-corrected chi connectivity index (χ3v) is 2.50. The lowest BCUT2D eigenvalue weighted by Gasteiger charge is -2.26. The summed E-state index contributed by atoms with van der Waals surface area (Å²) in [4.78, 5) is 0. The standard InChI is InChI=1S/C14H29NO/c1-6-9-14(16-8-3)13(11-12(4)5)15-10-7-2/h11,13-15H,6-10H2,1-5H3. The molecule has 0 aliphatic rings. The maximum Gasteiger partial charge on any atom is 0.0763 e. The smallest absolute Gasteiger partial charge is 0.0763 e. The summed E-state index contributed by atoms with van der Waals surface area (Å²) in [5.41, 5.74) is 1.36. The van der Waals surface area contributed by atoms with Gasteiger partial charge in [0, 0.05) is 6.61 Å². The van der Waals surface area contributed by atoms with Gasteiger partial charge in [-0.25, -0.2) is 0 Å². The van der Waals surface area contributed by atoms with Gasteiger partial charge in [-0.1, -0.05) is 31.9 Å². The zero-order valence-electron chi connectivity index (χ0n) is 11.7. The Kier molecular flexibility index (Phi) is 9.65. The summed E-state index contributed by atoms with van der Waals surface area (Å²) in [6.45, 7) is 12.6. The molecule has 16 heavy (non-hydrogen) atoms. The number of allylic oxidation sites excluding steroid dienone is 1. The Morgan fingerprint density at radius 1 is 1.19 bits per heavy atom. The van der Waals surface area contributed by atoms with E-state index in [1.54, 1.807) is 0 Å². The molecule has 2 heteroatoms. The predicted molar refractivity (Wildman–Crippen MR) is 71.8 cm³/mol. The molecule has 2 atom stereocenters. The molecule has 0 saturated carbocycles. The molecule has 96 valence electrons. The van der Waals surface area contributed by atoms with Crippen molar-refractivity contribution in [3.8, 4) is 0 Å². The maximum absolute atomic E-state index is 5.84. The van der Waals surface area contributed by atoms with E-state index in [4.69, 9.17) is 4.74 Å². The summed E-state index contributed by atoms with van der Waals surface area (Å²) in [6, 6.07) is 0.366. The Balaban J connectivity index is 4.45. The summed E-state index contributed by atoms with van der Waals surface area (Å²) in [7, 11) is 0. The summed E-state index contributed by atoms with van der Waals surface area (Å²) in [5, 5.41) is 3.57. The summed E-state index contributed by atoms with van der Waals surface area (Å²) < 4.78 is 5.84. The quantitative estimate of drug-likeness (QED) is 0.608. The second-order valence-electron chi connectivity index (χ2n) is 4.51. The molecule has 0 spiro atoms. The number of ether oxygens (including phenoxy) is 1. The number of nitrogens with one attached hydrogen (secondary N) is 1. The molecule has 0 fully saturated rings. The SMILES string of the molecule is CCCNC(C=C(C)C)C(CCC)OCC. The molecule has 0 aromatic carbocycles. The maximum atomic E-state index is 5.84. The van der Waals surface area contributed by atoms with Crippen molar-refractivity contribution in [1.29, 1.82) is 0 Å². The Morgan fingerprint density at radius 2 is 1.88 bits per heavy atom. The van der Waals surface area contributed by atoms with Crippen molar-refractivity contribution >= 4 is 0 Å². The van der Waals surface area contributed by atoms with E-state index >= 15 is 0 Å². The van der Waals surface area contributed by atoms with Gasteiger partial charge in [0.2, 0.25) is 0 Å². The molecular formula is C14H29NO. The van der Waals surface area contributed by atoms with Crippen LogP contribution in [0.1, 0.15) is 53.9 Å². The van der Waals surface area contributed by atoms with Crippen molar-refractivity contribution in [1.82, 2.24) is 5.32 Å². The first-order chi connectivity index (χ1) is 7.65. The van der Waals surface area contributed by atoms with Gasteiger partial charge in [-0.3, -0.25) is 0 Å². The topological polar surface area (TPSA) is 21.3 Å². The first kappa shape index (κ1) is 15.7. The van der Waals surface area contributed by atoms with Gasteiger partial charge < -0.3 is 10.1 Å². The monoisotopic (exact) mass is 227 g/mol. The van der Waals surface area contributed by atoms with E-state index in [0.29, 0.717) is 12.1 Å². The van der Waals surface area contributed by atoms with Crippen molar-refractivity contribution < 1.29 is 4.74 Å². The summed E-state index contributed by atoms with van der Waals surface area (Å²) >= 11 is 0. The lowest BCUT2D eigenvalue weighted by atomic mass is 10.0. The Labute approximate surface area is 101 Å². The van der Waals surface area contributed by atoms with Crippen molar-refractivity contribution in [2.24, 2.45) is 0 Å². The zero-order valence-corrected chi connectivity index (χ0v) is 11.7. The van der Waals surface area contributed by atoms with Crippen LogP contribution >= 0.6 is 0 Å². The molecule has 1 N–H and O–H groups in total. The van der Waals surface area contributed by atoms with Gasteiger partial charge in [0.25, 0.3) is 0 Å². The van der Waals surface area contributed by atoms with E-state index in [-0.39, 0.29) is 0 Å². The van der Waals surface area contributed by atoms with Crippen LogP contribution < -0.4 is 5.32 Å². The van der Waals surface area contributed by atoms with E-state index in [2.05, 4.69) is 46.0 Å². The average Bonchev–Trinajstić information content (AvgIpc) is 2.23. The lowest BCUT2D eigenvalue weighted by molar-refractivity contribution is 0.0394. The molecule has 0 aromatic rings. The molecular weight excluding hydrogens is 198 g/mol. The van der Waals surface area contributed by atoms with Crippen LogP contribution in [-0.4, -0.2) is 25.3 Å². The van der Waals surface area contributed by atoms with Crippen LogP contribution in [0.4, 0.5) is 0 Å². The Morgan fingerprint density at radius 3 is 2.31 bits per heavy atom. The van der Waals surface area contributed by atoms with Gasteiger partial charge in [-0.05, 0) is 40.2 Å². The summed E-state index contributed by atoms with van der Waals surface area (Å²) in [5.74, 6) is 0.